The van der Waals surface area contributed by atoms with Crippen LogP contribution in [0.2, 0.25) is 0 Å². The molecule has 2 nitrogen and oxygen atoms in total. The fourth-order valence-corrected chi connectivity index (χ4v) is 2.66. The highest BCUT2D eigenvalue weighted by molar-refractivity contribution is 6.21. The van der Waals surface area contributed by atoms with Crippen LogP contribution in [-0.4, -0.2) is 17.8 Å². The number of benzene rings is 1. The molecular weight excluding hydrogens is 258 g/mol. The van der Waals surface area contributed by atoms with Gasteiger partial charge in [0, 0.05) is 6.54 Å². The first-order chi connectivity index (χ1) is 9.09. The van der Waals surface area contributed by atoms with Gasteiger partial charge >= 0.3 is 0 Å². The highest BCUT2D eigenvalue weighted by Crippen LogP contribution is 2.31. The zero-order chi connectivity index (χ0) is 13.8. The second-order valence-corrected chi connectivity index (χ2v) is 6.21. The van der Waals surface area contributed by atoms with E-state index >= 15 is 0 Å². The lowest BCUT2D eigenvalue weighted by Crippen LogP contribution is -2.36. The number of rotatable bonds is 4. The molecular formula is C16H22ClNO. The Kier molecular flexibility index (Phi) is 4.87. The normalized spacial score (nSPS) is 19.9. The molecule has 1 N–H and O–H groups in total. The molecule has 1 amide bonds. The molecule has 2 unspecified atom stereocenters. The van der Waals surface area contributed by atoms with Crippen molar-refractivity contribution < 1.29 is 4.79 Å². The summed E-state index contributed by atoms with van der Waals surface area (Å²) >= 11 is 6.18. The first-order valence-corrected chi connectivity index (χ1v) is 7.53. The predicted molar refractivity (Wildman–Crippen MR) is 79.6 cm³/mol. The molecule has 0 spiro atoms. The van der Waals surface area contributed by atoms with Crippen LogP contribution in [0.3, 0.4) is 0 Å². The molecule has 0 saturated carbocycles. The largest absolute Gasteiger partial charge is 0.354 e. The van der Waals surface area contributed by atoms with Crippen LogP contribution < -0.4 is 5.32 Å². The van der Waals surface area contributed by atoms with E-state index in [0.29, 0.717) is 12.5 Å². The fraction of sp³-hybridized carbons (Fsp3) is 0.562. The number of aryl methyl sites for hydroxylation is 1. The Morgan fingerprint density at radius 3 is 2.89 bits per heavy atom. The average molecular weight is 280 g/mol. The molecule has 0 radical (unpaired) electrons. The van der Waals surface area contributed by atoms with E-state index in [9.17, 15) is 4.79 Å². The SMILES string of the molecule is CC(C)C(Cl)CNC(=O)C1CCCc2ccccc21. The second-order valence-electron chi connectivity index (χ2n) is 5.65. The molecule has 1 aromatic carbocycles. The van der Waals surface area contributed by atoms with E-state index in [1.54, 1.807) is 0 Å². The van der Waals surface area contributed by atoms with Gasteiger partial charge in [-0.15, -0.1) is 11.6 Å². The standard InChI is InChI=1S/C16H22ClNO/c1-11(2)15(17)10-18-16(19)14-9-5-7-12-6-3-4-8-13(12)14/h3-4,6,8,11,14-15H,5,7,9-10H2,1-2H3,(H,18,19). The van der Waals surface area contributed by atoms with Crippen LogP contribution in [0.5, 0.6) is 0 Å². The topological polar surface area (TPSA) is 29.1 Å². The van der Waals surface area contributed by atoms with Gasteiger partial charge in [-0.3, -0.25) is 4.79 Å². The molecule has 2 atom stereocenters. The maximum Gasteiger partial charge on any atom is 0.227 e. The summed E-state index contributed by atoms with van der Waals surface area (Å²) in [5, 5.41) is 3.01. The number of carbonyl (C=O) groups excluding carboxylic acids is 1. The molecule has 1 aromatic rings. The lowest BCUT2D eigenvalue weighted by atomic mass is 9.82. The van der Waals surface area contributed by atoms with Gasteiger partial charge in [-0.1, -0.05) is 38.1 Å². The molecule has 2 rings (SSSR count). The van der Waals surface area contributed by atoms with Crippen molar-refractivity contribution in [2.45, 2.75) is 44.4 Å². The quantitative estimate of drug-likeness (QED) is 0.840. The van der Waals surface area contributed by atoms with E-state index in [1.165, 1.54) is 11.1 Å². The van der Waals surface area contributed by atoms with Gasteiger partial charge < -0.3 is 5.32 Å². The lowest BCUT2D eigenvalue weighted by Gasteiger charge is -2.25. The van der Waals surface area contributed by atoms with Crippen LogP contribution in [0, 0.1) is 5.92 Å². The summed E-state index contributed by atoms with van der Waals surface area (Å²) in [5.41, 5.74) is 2.52. The van der Waals surface area contributed by atoms with Crippen LogP contribution in [-0.2, 0) is 11.2 Å². The number of nitrogens with one attached hydrogen (secondary N) is 1. The van der Waals surface area contributed by atoms with Crippen LogP contribution >= 0.6 is 11.6 Å². The summed E-state index contributed by atoms with van der Waals surface area (Å²) in [5.74, 6) is 0.500. The highest BCUT2D eigenvalue weighted by Gasteiger charge is 2.26. The third-order valence-electron chi connectivity index (χ3n) is 3.88. The predicted octanol–water partition coefficient (Wildman–Crippen LogP) is 3.49. The van der Waals surface area contributed by atoms with Crippen molar-refractivity contribution in [1.82, 2.24) is 5.32 Å². The average Bonchev–Trinajstić information content (AvgIpc) is 2.43. The van der Waals surface area contributed by atoms with Crippen molar-refractivity contribution in [1.29, 1.82) is 0 Å². The molecule has 0 bridgehead atoms. The Morgan fingerprint density at radius 2 is 2.16 bits per heavy atom. The number of halogens is 1. The Labute approximate surface area is 120 Å². The minimum atomic E-state index is 0.000906. The number of carbonyl (C=O) groups is 1. The lowest BCUT2D eigenvalue weighted by molar-refractivity contribution is -0.122. The van der Waals surface area contributed by atoms with E-state index < -0.39 is 0 Å². The molecule has 0 aliphatic heterocycles. The summed E-state index contributed by atoms with van der Waals surface area (Å²) in [4.78, 5) is 12.3. The zero-order valence-corrected chi connectivity index (χ0v) is 12.4. The fourth-order valence-electron chi connectivity index (χ4n) is 2.58. The number of hydrogen-bond acceptors (Lipinski definition) is 1. The number of hydrogen-bond donors (Lipinski definition) is 1. The summed E-state index contributed by atoms with van der Waals surface area (Å²) < 4.78 is 0. The van der Waals surface area contributed by atoms with Gasteiger partial charge in [0.2, 0.25) is 5.91 Å². The Morgan fingerprint density at radius 1 is 1.42 bits per heavy atom. The van der Waals surface area contributed by atoms with Gasteiger partial charge in [0.25, 0.3) is 0 Å². The summed E-state index contributed by atoms with van der Waals surface area (Å²) in [6, 6.07) is 8.28. The van der Waals surface area contributed by atoms with Crippen molar-refractivity contribution in [3.8, 4) is 0 Å². The first-order valence-electron chi connectivity index (χ1n) is 7.09. The van der Waals surface area contributed by atoms with Gasteiger partial charge in [0.15, 0.2) is 0 Å². The molecule has 0 heterocycles. The van der Waals surface area contributed by atoms with Gasteiger partial charge in [-0.2, -0.15) is 0 Å². The number of fused-ring (bicyclic) bond motifs is 1. The molecule has 0 saturated heterocycles. The molecule has 0 aromatic heterocycles. The number of amides is 1. The van der Waals surface area contributed by atoms with E-state index in [0.717, 1.165) is 19.3 Å². The maximum absolute atomic E-state index is 12.3. The second kappa shape index (κ2) is 6.42. The molecule has 0 fully saturated rings. The third-order valence-corrected chi connectivity index (χ3v) is 4.54. The number of alkyl halides is 1. The smallest absolute Gasteiger partial charge is 0.227 e. The van der Waals surface area contributed by atoms with Gasteiger partial charge in [-0.25, -0.2) is 0 Å². The highest BCUT2D eigenvalue weighted by atomic mass is 35.5. The van der Waals surface area contributed by atoms with Crippen LogP contribution in [0.4, 0.5) is 0 Å². The van der Waals surface area contributed by atoms with E-state index in [-0.39, 0.29) is 17.2 Å². The molecule has 1 aliphatic rings. The summed E-state index contributed by atoms with van der Waals surface area (Å²) in [6.45, 7) is 4.69. The van der Waals surface area contributed by atoms with E-state index in [2.05, 4.69) is 31.3 Å². The molecule has 3 heteroatoms. The van der Waals surface area contributed by atoms with Crippen molar-refractivity contribution in [3.05, 3.63) is 35.4 Å². The zero-order valence-electron chi connectivity index (χ0n) is 11.7. The van der Waals surface area contributed by atoms with E-state index in [4.69, 9.17) is 11.6 Å². The summed E-state index contributed by atoms with van der Waals surface area (Å²) in [6.07, 6.45) is 3.12. The van der Waals surface area contributed by atoms with Crippen LogP contribution in [0.1, 0.15) is 43.7 Å². The Hall–Kier alpha value is -1.02. The minimum Gasteiger partial charge on any atom is -0.354 e. The van der Waals surface area contributed by atoms with Crippen molar-refractivity contribution in [2.24, 2.45) is 5.92 Å². The van der Waals surface area contributed by atoms with Crippen molar-refractivity contribution in [3.63, 3.8) is 0 Å². The molecule has 19 heavy (non-hydrogen) atoms. The van der Waals surface area contributed by atoms with Gasteiger partial charge in [-0.05, 0) is 36.3 Å². The van der Waals surface area contributed by atoms with Crippen LogP contribution in [0.25, 0.3) is 0 Å². The van der Waals surface area contributed by atoms with Gasteiger partial charge in [0.1, 0.15) is 0 Å². The molecule has 1 aliphatic carbocycles. The van der Waals surface area contributed by atoms with Crippen molar-refractivity contribution in [2.75, 3.05) is 6.54 Å². The first kappa shape index (κ1) is 14.4. The van der Waals surface area contributed by atoms with Gasteiger partial charge in [0.05, 0.1) is 11.3 Å². The minimum absolute atomic E-state index is 0.000906. The van der Waals surface area contributed by atoms with Crippen molar-refractivity contribution >= 4 is 17.5 Å². The van der Waals surface area contributed by atoms with E-state index in [1.807, 2.05) is 12.1 Å². The maximum atomic E-state index is 12.3. The monoisotopic (exact) mass is 279 g/mol. The molecule has 104 valence electrons. The Balaban J connectivity index is 2.01. The van der Waals surface area contributed by atoms with Crippen LogP contribution in [0.15, 0.2) is 24.3 Å². The summed E-state index contributed by atoms with van der Waals surface area (Å²) in [7, 11) is 0. The Bertz CT molecular complexity index is 444. The third kappa shape index (κ3) is 3.50.